The molecule has 4 rings (SSSR count). The summed E-state index contributed by atoms with van der Waals surface area (Å²) < 4.78 is 6.00. The van der Waals surface area contributed by atoms with Gasteiger partial charge in [0.2, 0.25) is 0 Å². The third-order valence-corrected chi connectivity index (χ3v) is 4.74. The van der Waals surface area contributed by atoms with E-state index in [0.29, 0.717) is 32.7 Å². The zero-order valence-electron chi connectivity index (χ0n) is 13.3. The zero-order valence-corrected chi connectivity index (χ0v) is 14.8. The summed E-state index contributed by atoms with van der Waals surface area (Å²) in [6.07, 6.45) is 3.01. The van der Waals surface area contributed by atoms with Crippen LogP contribution < -0.4 is 10.9 Å². The van der Waals surface area contributed by atoms with Crippen LogP contribution in [0.1, 0.15) is 11.1 Å². The molecule has 0 saturated carbocycles. The standard InChI is InChI=1S/C19H12Cl2N2O3/c20-13-5-1-11(2-6-13)15-9-19(17(24)22-23-18(19)25)10-16(26-15)12-3-7-14(21)8-4-12/h1-10H,(H,22,24)(H,23,25). The molecule has 2 aliphatic heterocycles. The van der Waals surface area contributed by atoms with E-state index in [1.54, 1.807) is 48.5 Å². The van der Waals surface area contributed by atoms with E-state index < -0.39 is 17.2 Å². The number of carbonyl (C=O) groups is 2. The average molecular weight is 387 g/mol. The van der Waals surface area contributed by atoms with Crippen molar-refractivity contribution in [2.45, 2.75) is 0 Å². The van der Waals surface area contributed by atoms with Gasteiger partial charge >= 0.3 is 0 Å². The second-order valence-corrected chi connectivity index (χ2v) is 6.78. The molecule has 2 amide bonds. The summed E-state index contributed by atoms with van der Waals surface area (Å²) in [7, 11) is 0. The third-order valence-electron chi connectivity index (χ3n) is 4.24. The van der Waals surface area contributed by atoms with Crippen LogP contribution in [0.15, 0.2) is 60.7 Å². The molecule has 26 heavy (non-hydrogen) atoms. The van der Waals surface area contributed by atoms with Gasteiger partial charge in [0.15, 0.2) is 5.41 Å². The first kappa shape index (κ1) is 16.7. The fourth-order valence-electron chi connectivity index (χ4n) is 2.83. The minimum absolute atomic E-state index is 0.390. The monoisotopic (exact) mass is 386 g/mol. The molecule has 2 aliphatic rings. The normalized spacial score (nSPS) is 17.9. The largest absolute Gasteiger partial charge is 0.457 e. The van der Waals surface area contributed by atoms with Crippen molar-refractivity contribution in [3.8, 4) is 0 Å². The number of hydrogen-bond donors (Lipinski definition) is 2. The number of halogens is 2. The summed E-state index contributed by atoms with van der Waals surface area (Å²) in [5.41, 5.74) is 4.64. The highest BCUT2D eigenvalue weighted by atomic mass is 35.5. The summed E-state index contributed by atoms with van der Waals surface area (Å²) in [5, 5.41) is 1.15. The Balaban J connectivity index is 1.85. The minimum Gasteiger partial charge on any atom is -0.457 e. The van der Waals surface area contributed by atoms with Crippen molar-refractivity contribution >= 4 is 46.5 Å². The molecule has 7 heteroatoms. The van der Waals surface area contributed by atoms with Gasteiger partial charge in [-0.05, 0) is 60.7 Å². The average Bonchev–Trinajstić information content (AvgIpc) is 2.90. The summed E-state index contributed by atoms with van der Waals surface area (Å²) in [6.45, 7) is 0. The van der Waals surface area contributed by atoms with Crippen LogP contribution in [0.4, 0.5) is 0 Å². The van der Waals surface area contributed by atoms with Gasteiger partial charge in [0.25, 0.3) is 11.8 Å². The summed E-state index contributed by atoms with van der Waals surface area (Å²) >= 11 is 11.9. The van der Waals surface area contributed by atoms with Crippen molar-refractivity contribution in [3.05, 3.63) is 81.9 Å². The molecule has 2 aromatic carbocycles. The molecule has 0 radical (unpaired) electrons. The number of benzene rings is 2. The van der Waals surface area contributed by atoms with Gasteiger partial charge in [-0.3, -0.25) is 20.4 Å². The Hall–Kier alpha value is -2.76. The fourth-order valence-corrected chi connectivity index (χ4v) is 3.08. The van der Waals surface area contributed by atoms with E-state index in [4.69, 9.17) is 27.9 Å². The molecule has 0 aliphatic carbocycles. The van der Waals surface area contributed by atoms with Gasteiger partial charge in [0.1, 0.15) is 11.5 Å². The zero-order chi connectivity index (χ0) is 18.3. The minimum atomic E-state index is -1.48. The molecule has 2 aromatic rings. The van der Waals surface area contributed by atoms with Gasteiger partial charge in [0, 0.05) is 21.2 Å². The van der Waals surface area contributed by atoms with E-state index >= 15 is 0 Å². The van der Waals surface area contributed by atoms with Crippen molar-refractivity contribution in [2.24, 2.45) is 5.41 Å². The van der Waals surface area contributed by atoms with E-state index in [9.17, 15) is 9.59 Å². The summed E-state index contributed by atoms with van der Waals surface area (Å²) in [5.74, 6) is -0.157. The highest BCUT2D eigenvalue weighted by Crippen LogP contribution is 2.40. The van der Waals surface area contributed by atoms with Crippen LogP contribution in [0.25, 0.3) is 11.5 Å². The molecule has 0 unspecified atom stereocenters. The molecule has 1 fully saturated rings. The molecule has 5 nitrogen and oxygen atoms in total. The molecule has 130 valence electrons. The number of hydrogen-bond acceptors (Lipinski definition) is 3. The maximum atomic E-state index is 12.4. The van der Waals surface area contributed by atoms with Crippen LogP contribution in [0, 0.1) is 5.41 Å². The van der Waals surface area contributed by atoms with Crippen molar-refractivity contribution in [2.75, 3.05) is 0 Å². The number of nitrogens with one attached hydrogen (secondary N) is 2. The lowest BCUT2D eigenvalue weighted by Crippen LogP contribution is -2.34. The Morgan fingerprint density at radius 1 is 0.692 bits per heavy atom. The first-order chi connectivity index (χ1) is 12.5. The number of hydrazine groups is 1. The van der Waals surface area contributed by atoms with Crippen LogP contribution in [0.3, 0.4) is 0 Å². The van der Waals surface area contributed by atoms with Crippen LogP contribution in [0.5, 0.6) is 0 Å². The Morgan fingerprint density at radius 2 is 1.08 bits per heavy atom. The highest BCUT2D eigenvalue weighted by Gasteiger charge is 2.50. The van der Waals surface area contributed by atoms with Gasteiger partial charge in [0.05, 0.1) is 0 Å². The van der Waals surface area contributed by atoms with Crippen molar-refractivity contribution < 1.29 is 14.3 Å². The molecule has 0 atom stereocenters. The quantitative estimate of drug-likeness (QED) is 0.775. The lowest BCUT2D eigenvalue weighted by molar-refractivity contribution is -0.130. The van der Waals surface area contributed by atoms with Gasteiger partial charge in [-0.15, -0.1) is 0 Å². The smallest absolute Gasteiger partial charge is 0.262 e. The van der Waals surface area contributed by atoms with Gasteiger partial charge in [-0.2, -0.15) is 0 Å². The molecular formula is C19H12Cl2N2O3. The molecule has 0 aromatic heterocycles. The van der Waals surface area contributed by atoms with Crippen LogP contribution >= 0.6 is 23.2 Å². The predicted molar refractivity (Wildman–Crippen MR) is 98.7 cm³/mol. The molecule has 1 saturated heterocycles. The Morgan fingerprint density at radius 3 is 1.46 bits per heavy atom. The maximum absolute atomic E-state index is 12.4. The lowest BCUT2D eigenvalue weighted by Gasteiger charge is -2.25. The van der Waals surface area contributed by atoms with Crippen LogP contribution in [-0.2, 0) is 14.3 Å². The number of ether oxygens (including phenoxy) is 1. The van der Waals surface area contributed by atoms with Crippen molar-refractivity contribution in [3.63, 3.8) is 0 Å². The second kappa shape index (κ2) is 6.20. The molecule has 2 N–H and O–H groups in total. The van der Waals surface area contributed by atoms with Crippen LogP contribution in [0.2, 0.25) is 10.0 Å². The fraction of sp³-hybridized carbons (Fsp3) is 0.0526. The Labute approximate surface area is 159 Å². The summed E-state index contributed by atoms with van der Waals surface area (Å²) in [4.78, 5) is 24.9. The highest BCUT2D eigenvalue weighted by molar-refractivity contribution is 6.30. The first-order valence-electron chi connectivity index (χ1n) is 7.74. The molecule has 2 heterocycles. The first-order valence-corrected chi connectivity index (χ1v) is 8.50. The van der Waals surface area contributed by atoms with E-state index in [1.165, 1.54) is 12.2 Å². The maximum Gasteiger partial charge on any atom is 0.262 e. The van der Waals surface area contributed by atoms with Gasteiger partial charge in [-0.25, -0.2) is 0 Å². The van der Waals surface area contributed by atoms with E-state index in [2.05, 4.69) is 10.9 Å². The van der Waals surface area contributed by atoms with Gasteiger partial charge < -0.3 is 4.74 Å². The SMILES string of the molecule is O=C1NNC(=O)C12C=C(c1ccc(Cl)cc1)OC(c1ccc(Cl)cc1)=C2. The van der Waals surface area contributed by atoms with Gasteiger partial charge in [-0.1, -0.05) is 23.2 Å². The predicted octanol–water partition coefficient (Wildman–Crippen LogP) is 3.55. The van der Waals surface area contributed by atoms with Crippen molar-refractivity contribution in [1.29, 1.82) is 0 Å². The second-order valence-electron chi connectivity index (χ2n) is 5.91. The summed E-state index contributed by atoms with van der Waals surface area (Å²) in [6, 6.07) is 13.9. The van der Waals surface area contributed by atoms with E-state index in [0.717, 1.165) is 0 Å². The topological polar surface area (TPSA) is 67.4 Å². The van der Waals surface area contributed by atoms with E-state index in [-0.39, 0.29) is 0 Å². The molecular weight excluding hydrogens is 375 g/mol. The van der Waals surface area contributed by atoms with Crippen molar-refractivity contribution in [1.82, 2.24) is 10.9 Å². The molecule has 0 bridgehead atoms. The number of carbonyl (C=O) groups excluding carboxylic acids is 2. The molecule has 1 spiro atoms. The third kappa shape index (κ3) is 2.75. The lowest BCUT2D eigenvalue weighted by atomic mass is 9.83. The van der Waals surface area contributed by atoms with E-state index in [1.807, 2.05) is 0 Å². The Bertz CT molecular complexity index is 884. The number of rotatable bonds is 2. The van der Waals surface area contributed by atoms with Crippen LogP contribution in [-0.4, -0.2) is 11.8 Å². The number of amides is 2. The Kier molecular flexibility index (Phi) is 3.98.